The average Bonchev–Trinajstić information content (AvgIpc) is 2.19. The van der Waals surface area contributed by atoms with Gasteiger partial charge in [-0.05, 0) is 19.1 Å². The number of nitrogens with two attached hydrogens (primary N) is 1. The number of ether oxygens (including phenoxy) is 1. The highest BCUT2D eigenvalue weighted by Gasteiger charge is 2.17. The van der Waals surface area contributed by atoms with Crippen molar-refractivity contribution in [3.05, 3.63) is 23.3 Å². The van der Waals surface area contributed by atoms with Crippen molar-refractivity contribution in [2.75, 3.05) is 5.73 Å². The zero-order valence-corrected chi connectivity index (χ0v) is 8.33. The van der Waals surface area contributed by atoms with Crippen LogP contribution in [0, 0.1) is 11.3 Å². The molecule has 0 spiro atoms. The summed E-state index contributed by atoms with van der Waals surface area (Å²) in [7, 11) is 0. The Bertz CT molecular complexity index is 467. The number of hydrogen-bond acceptors (Lipinski definition) is 4. The first kappa shape index (κ1) is 11.9. The van der Waals surface area contributed by atoms with Gasteiger partial charge in [-0.1, -0.05) is 0 Å². The Labute approximate surface area is 90.2 Å². The van der Waals surface area contributed by atoms with E-state index in [9.17, 15) is 13.6 Å². The summed E-state index contributed by atoms with van der Waals surface area (Å²) in [5.74, 6) is -0.784. The van der Waals surface area contributed by atoms with Gasteiger partial charge in [0.05, 0.1) is 22.9 Å². The van der Waals surface area contributed by atoms with E-state index in [1.165, 1.54) is 13.0 Å². The zero-order valence-electron chi connectivity index (χ0n) is 8.33. The molecule has 1 aromatic carbocycles. The summed E-state index contributed by atoms with van der Waals surface area (Å²) in [6.45, 7) is -1.84. The van der Waals surface area contributed by atoms with Gasteiger partial charge in [-0.3, -0.25) is 4.79 Å². The maximum Gasteiger partial charge on any atom is 0.387 e. The molecular weight excluding hydrogens is 218 g/mol. The van der Waals surface area contributed by atoms with Gasteiger partial charge in [0, 0.05) is 0 Å². The van der Waals surface area contributed by atoms with Crippen molar-refractivity contribution in [2.45, 2.75) is 13.5 Å². The molecule has 6 heteroatoms. The quantitative estimate of drug-likeness (QED) is 0.631. The van der Waals surface area contributed by atoms with E-state index >= 15 is 0 Å². The molecule has 16 heavy (non-hydrogen) atoms. The zero-order chi connectivity index (χ0) is 12.3. The van der Waals surface area contributed by atoms with Crippen LogP contribution in [0.2, 0.25) is 0 Å². The van der Waals surface area contributed by atoms with Crippen molar-refractivity contribution < 1.29 is 18.3 Å². The summed E-state index contributed by atoms with van der Waals surface area (Å²) in [5, 5.41) is 8.72. The van der Waals surface area contributed by atoms with Crippen LogP contribution in [0.5, 0.6) is 5.75 Å². The van der Waals surface area contributed by atoms with E-state index in [0.717, 1.165) is 6.07 Å². The van der Waals surface area contributed by atoms with E-state index < -0.39 is 12.4 Å². The predicted molar refractivity (Wildman–Crippen MR) is 52.2 cm³/mol. The number of nitriles is 1. The van der Waals surface area contributed by atoms with Crippen LogP contribution in [0.4, 0.5) is 14.5 Å². The lowest BCUT2D eigenvalue weighted by atomic mass is 10.0. The fourth-order valence-electron chi connectivity index (χ4n) is 1.27. The number of halogens is 2. The lowest BCUT2D eigenvalue weighted by Crippen LogP contribution is -2.09. The highest BCUT2D eigenvalue weighted by Crippen LogP contribution is 2.29. The first-order valence-electron chi connectivity index (χ1n) is 4.25. The summed E-state index contributed by atoms with van der Waals surface area (Å²) in [6, 6.07) is 4.10. The van der Waals surface area contributed by atoms with E-state index in [0.29, 0.717) is 0 Å². The second-order valence-electron chi connectivity index (χ2n) is 2.95. The summed E-state index contributed by atoms with van der Waals surface area (Å²) in [5.41, 5.74) is 5.17. The molecule has 1 aromatic rings. The molecule has 2 N–H and O–H groups in total. The first-order valence-corrected chi connectivity index (χ1v) is 4.25. The number of benzene rings is 1. The molecule has 0 radical (unpaired) electrons. The topological polar surface area (TPSA) is 76.1 Å². The first-order chi connectivity index (χ1) is 7.47. The molecule has 0 fully saturated rings. The third kappa shape index (κ3) is 2.25. The van der Waals surface area contributed by atoms with Gasteiger partial charge in [0.25, 0.3) is 0 Å². The molecular formula is C10H8F2N2O2. The number of anilines is 1. The number of hydrogen-bond donors (Lipinski definition) is 1. The maximum atomic E-state index is 12.0. The van der Waals surface area contributed by atoms with Crippen LogP contribution in [-0.4, -0.2) is 12.4 Å². The molecule has 0 atom stereocenters. The van der Waals surface area contributed by atoms with Crippen molar-refractivity contribution in [1.29, 1.82) is 5.26 Å². The fourth-order valence-corrected chi connectivity index (χ4v) is 1.27. The van der Waals surface area contributed by atoms with Gasteiger partial charge in [-0.2, -0.15) is 14.0 Å². The summed E-state index contributed by atoms with van der Waals surface area (Å²) < 4.78 is 28.1. The number of carbonyl (C=O) groups excluding carboxylic acids is 1. The second-order valence-corrected chi connectivity index (χ2v) is 2.95. The molecule has 1 rings (SSSR count). The Morgan fingerprint density at radius 3 is 2.62 bits per heavy atom. The Morgan fingerprint density at radius 1 is 1.56 bits per heavy atom. The molecule has 0 aliphatic carbocycles. The summed E-state index contributed by atoms with van der Waals surface area (Å²) in [4.78, 5) is 11.2. The average molecular weight is 226 g/mol. The molecule has 0 heterocycles. The van der Waals surface area contributed by atoms with Crippen LogP contribution in [-0.2, 0) is 0 Å². The van der Waals surface area contributed by atoms with E-state index in [1.54, 1.807) is 6.07 Å². The summed E-state index contributed by atoms with van der Waals surface area (Å²) >= 11 is 0. The van der Waals surface area contributed by atoms with Gasteiger partial charge >= 0.3 is 6.61 Å². The van der Waals surface area contributed by atoms with Gasteiger partial charge in [0.2, 0.25) is 0 Å². The second kappa shape index (κ2) is 4.57. The van der Waals surface area contributed by atoms with E-state index in [-0.39, 0.29) is 22.6 Å². The Morgan fingerprint density at radius 2 is 2.19 bits per heavy atom. The van der Waals surface area contributed by atoms with Crippen LogP contribution in [0.3, 0.4) is 0 Å². The van der Waals surface area contributed by atoms with Crippen molar-refractivity contribution in [1.82, 2.24) is 0 Å². The van der Waals surface area contributed by atoms with E-state index in [2.05, 4.69) is 4.74 Å². The number of ketones is 1. The molecule has 0 saturated heterocycles. The van der Waals surface area contributed by atoms with Crippen LogP contribution >= 0.6 is 0 Å². The highest BCUT2D eigenvalue weighted by atomic mass is 19.3. The van der Waals surface area contributed by atoms with Crippen LogP contribution in [0.25, 0.3) is 0 Å². The van der Waals surface area contributed by atoms with Gasteiger partial charge < -0.3 is 10.5 Å². The van der Waals surface area contributed by atoms with E-state index in [1.807, 2.05) is 0 Å². The van der Waals surface area contributed by atoms with Gasteiger partial charge in [0.1, 0.15) is 5.75 Å². The molecule has 0 saturated carbocycles. The minimum absolute atomic E-state index is 0.0339. The molecule has 0 amide bonds. The standard InChI is InChI=1S/C10H8F2N2O2/c1-5(15)8-6(4-13)2-3-7(9(8)14)16-10(11)12/h2-3,10H,14H2,1H3. The molecule has 4 nitrogen and oxygen atoms in total. The number of carbonyl (C=O) groups is 1. The third-order valence-corrected chi connectivity index (χ3v) is 1.89. The summed E-state index contributed by atoms with van der Waals surface area (Å²) in [6.07, 6.45) is 0. The van der Waals surface area contributed by atoms with Gasteiger partial charge in [0.15, 0.2) is 5.78 Å². The van der Waals surface area contributed by atoms with Crippen molar-refractivity contribution in [3.63, 3.8) is 0 Å². The highest BCUT2D eigenvalue weighted by molar-refractivity contribution is 6.02. The number of nitrogens with zero attached hydrogens (tertiary/aromatic N) is 1. The number of nitrogen functional groups attached to an aromatic ring is 1. The molecule has 84 valence electrons. The number of Topliss-reactive ketones (excluding diaryl/α,β-unsaturated/α-hetero) is 1. The number of rotatable bonds is 3. The van der Waals surface area contributed by atoms with Crippen molar-refractivity contribution in [3.8, 4) is 11.8 Å². The molecule has 0 unspecified atom stereocenters. The molecule has 0 aromatic heterocycles. The minimum Gasteiger partial charge on any atom is -0.433 e. The van der Waals surface area contributed by atoms with Crippen molar-refractivity contribution in [2.24, 2.45) is 0 Å². The Balaban J connectivity index is 3.33. The molecule has 0 aliphatic heterocycles. The van der Waals surface area contributed by atoms with E-state index in [4.69, 9.17) is 11.0 Å². The minimum atomic E-state index is -3.03. The largest absolute Gasteiger partial charge is 0.433 e. The number of alkyl halides is 2. The lowest BCUT2D eigenvalue weighted by Gasteiger charge is -2.11. The third-order valence-electron chi connectivity index (χ3n) is 1.89. The van der Waals surface area contributed by atoms with Crippen LogP contribution < -0.4 is 10.5 Å². The fraction of sp³-hybridized carbons (Fsp3) is 0.200. The predicted octanol–water partition coefficient (Wildman–Crippen LogP) is 1.94. The van der Waals surface area contributed by atoms with Crippen LogP contribution in [0.1, 0.15) is 22.8 Å². The smallest absolute Gasteiger partial charge is 0.387 e. The maximum absolute atomic E-state index is 12.0. The molecule has 0 bridgehead atoms. The lowest BCUT2D eigenvalue weighted by molar-refractivity contribution is -0.0493. The van der Waals surface area contributed by atoms with Crippen molar-refractivity contribution >= 4 is 11.5 Å². The molecule has 0 aliphatic rings. The van der Waals surface area contributed by atoms with Gasteiger partial charge in [-0.15, -0.1) is 0 Å². The SMILES string of the molecule is CC(=O)c1c(C#N)ccc(OC(F)F)c1N. The Hall–Kier alpha value is -2.16. The monoisotopic (exact) mass is 226 g/mol. The van der Waals surface area contributed by atoms with Gasteiger partial charge in [-0.25, -0.2) is 0 Å². The normalized spacial score (nSPS) is 9.94. The Kier molecular flexibility index (Phi) is 3.40. The van der Waals surface area contributed by atoms with Crippen LogP contribution in [0.15, 0.2) is 12.1 Å².